The second kappa shape index (κ2) is 4.99. The van der Waals surface area contributed by atoms with Crippen molar-refractivity contribution in [3.8, 4) is 5.69 Å². The quantitative estimate of drug-likeness (QED) is 0.786. The van der Waals surface area contributed by atoms with Gasteiger partial charge in [-0.2, -0.15) is 0 Å². The zero-order valence-corrected chi connectivity index (χ0v) is 12.6. The highest BCUT2D eigenvalue weighted by Gasteiger charge is 2.27. The van der Waals surface area contributed by atoms with E-state index < -0.39 is 0 Å². The van der Waals surface area contributed by atoms with Gasteiger partial charge in [0.2, 0.25) is 0 Å². The minimum atomic E-state index is 0.0555. The lowest BCUT2D eigenvalue weighted by Crippen LogP contribution is -2.19. The molecule has 1 heterocycles. The summed E-state index contributed by atoms with van der Waals surface area (Å²) in [6, 6.07) is 9.59. The van der Waals surface area contributed by atoms with Crippen molar-refractivity contribution < 1.29 is 9.59 Å². The molecule has 1 aromatic heterocycles. The van der Waals surface area contributed by atoms with Crippen LogP contribution in [0, 0.1) is 12.8 Å². The van der Waals surface area contributed by atoms with Crippen LogP contribution in [0.1, 0.15) is 52.4 Å². The summed E-state index contributed by atoms with van der Waals surface area (Å²) >= 11 is 0. The lowest BCUT2D eigenvalue weighted by Gasteiger charge is -2.21. The van der Waals surface area contributed by atoms with E-state index in [9.17, 15) is 9.59 Å². The summed E-state index contributed by atoms with van der Waals surface area (Å²) in [5.41, 5.74) is 4.63. The van der Waals surface area contributed by atoms with Gasteiger partial charge >= 0.3 is 0 Å². The van der Waals surface area contributed by atoms with E-state index >= 15 is 0 Å². The van der Waals surface area contributed by atoms with E-state index in [1.807, 2.05) is 37.3 Å². The highest BCUT2D eigenvalue weighted by atomic mass is 16.1. The molecule has 0 bridgehead atoms. The molecule has 1 aliphatic carbocycles. The van der Waals surface area contributed by atoms with Gasteiger partial charge in [0.15, 0.2) is 11.6 Å². The minimum absolute atomic E-state index is 0.0555. The molecule has 1 atom stereocenters. The first kappa shape index (κ1) is 13.8. The van der Waals surface area contributed by atoms with Gasteiger partial charge in [-0.05, 0) is 44.4 Å². The summed E-state index contributed by atoms with van der Waals surface area (Å²) in [5, 5.41) is 0. The maximum Gasteiger partial charge on any atom is 0.164 e. The van der Waals surface area contributed by atoms with Crippen molar-refractivity contribution in [2.24, 2.45) is 5.92 Å². The highest BCUT2D eigenvalue weighted by molar-refractivity contribution is 5.99. The Morgan fingerprint density at radius 2 is 2.00 bits per heavy atom. The number of ketones is 2. The molecule has 21 heavy (non-hydrogen) atoms. The maximum atomic E-state index is 12.2. The minimum Gasteiger partial charge on any atom is -0.317 e. The van der Waals surface area contributed by atoms with Crippen LogP contribution in [-0.4, -0.2) is 16.1 Å². The SMILES string of the molecule is CC(=O)c1cccc(-n2c(C)cc3c2CC(C)CC3=O)c1. The largest absolute Gasteiger partial charge is 0.317 e. The molecule has 1 aromatic carbocycles. The third-order valence-corrected chi connectivity index (χ3v) is 4.17. The number of hydrogen-bond donors (Lipinski definition) is 0. The van der Waals surface area contributed by atoms with E-state index in [4.69, 9.17) is 0 Å². The number of benzene rings is 1. The number of aromatic nitrogens is 1. The average molecular weight is 281 g/mol. The van der Waals surface area contributed by atoms with Crippen molar-refractivity contribution >= 4 is 11.6 Å². The van der Waals surface area contributed by atoms with Gasteiger partial charge in [-0.15, -0.1) is 0 Å². The summed E-state index contributed by atoms with van der Waals surface area (Å²) in [6.45, 7) is 5.69. The molecule has 0 aliphatic heterocycles. The Hall–Kier alpha value is -2.16. The monoisotopic (exact) mass is 281 g/mol. The number of aryl methyl sites for hydroxylation is 1. The van der Waals surface area contributed by atoms with Crippen LogP contribution in [0.5, 0.6) is 0 Å². The number of nitrogens with zero attached hydrogens (tertiary/aromatic N) is 1. The van der Waals surface area contributed by atoms with Crippen molar-refractivity contribution in [2.45, 2.75) is 33.6 Å². The molecule has 1 unspecified atom stereocenters. The Balaban J connectivity index is 2.18. The van der Waals surface area contributed by atoms with E-state index in [2.05, 4.69) is 11.5 Å². The fraction of sp³-hybridized carbons (Fsp3) is 0.333. The molecule has 0 fully saturated rings. The van der Waals surface area contributed by atoms with Crippen LogP contribution >= 0.6 is 0 Å². The first-order valence-electron chi connectivity index (χ1n) is 7.33. The van der Waals surface area contributed by atoms with Crippen LogP contribution in [-0.2, 0) is 6.42 Å². The summed E-state index contributed by atoms with van der Waals surface area (Å²) in [4.78, 5) is 23.8. The van der Waals surface area contributed by atoms with Gasteiger partial charge in [0.25, 0.3) is 0 Å². The highest BCUT2D eigenvalue weighted by Crippen LogP contribution is 2.30. The van der Waals surface area contributed by atoms with Crippen LogP contribution in [0.3, 0.4) is 0 Å². The van der Waals surface area contributed by atoms with E-state index in [0.717, 1.165) is 29.1 Å². The van der Waals surface area contributed by atoms with Crippen molar-refractivity contribution in [3.05, 3.63) is 52.8 Å². The average Bonchev–Trinajstić information content (AvgIpc) is 2.75. The number of Topliss-reactive ketones (excluding diaryl/α,β-unsaturated/α-hetero) is 2. The standard InChI is InChI=1S/C18H19NO2/c1-11-7-17-16(18(21)8-11)9-12(2)19(17)15-6-4-5-14(10-15)13(3)20/h4-6,9-11H,7-8H2,1-3H3. The Morgan fingerprint density at radius 3 is 2.71 bits per heavy atom. The third-order valence-electron chi connectivity index (χ3n) is 4.17. The third kappa shape index (κ3) is 2.33. The van der Waals surface area contributed by atoms with Crippen LogP contribution < -0.4 is 0 Å². The molecule has 0 spiro atoms. The fourth-order valence-electron chi connectivity index (χ4n) is 3.18. The van der Waals surface area contributed by atoms with Crippen molar-refractivity contribution in [2.75, 3.05) is 0 Å². The summed E-state index contributed by atoms with van der Waals surface area (Å²) in [6.07, 6.45) is 1.53. The maximum absolute atomic E-state index is 12.2. The van der Waals surface area contributed by atoms with Gasteiger partial charge in [0.1, 0.15) is 0 Å². The van der Waals surface area contributed by atoms with E-state index in [0.29, 0.717) is 17.9 Å². The van der Waals surface area contributed by atoms with Gasteiger partial charge in [0, 0.05) is 34.6 Å². The molecule has 0 saturated carbocycles. The molecule has 0 radical (unpaired) electrons. The molecular formula is C18H19NO2. The number of rotatable bonds is 2. The second-order valence-corrected chi connectivity index (χ2v) is 6.02. The van der Waals surface area contributed by atoms with Gasteiger partial charge < -0.3 is 4.57 Å². The van der Waals surface area contributed by atoms with Gasteiger partial charge in [-0.3, -0.25) is 9.59 Å². The molecule has 0 amide bonds. The van der Waals surface area contributed by atoms with E-state index in [1.165, 1.54) is 0 Å². The Morgan fingerprint density at radius 1 is 1.24 bits per heavy atom. The Kier molecular flexibility index (Phi) is 3.28. The summed E-state index contributed by atoms with van der Waals surface area (Å²) in [7, 11) is 0. The van der Waals surface area contributed by atoms with Gasteiger partial charge in [-0.1, -0.05) is 19.1 Å². The van der Waals surface area contributed by atoms with Crippen LogP contribution in [0.4, 0.5) is 0 Å². The number of fused-ring (bicyclic) bond motifs is 1. The molecule has 108 valence electrons. The second-order valence-electron chi connectivity index (χ2n) is 6.02. The zero-order valence-electron chi connectivity index (χ0n) is 12.6. The van der Waals surface area contributed by atoms with Crippen molar-refractivity contribution in [3.63, 3.8) is 0 Å². The number of hydrogen-bond acceptors (Lipinski definition) is 2. The Bertz CT molecular complexity index is 740. The van der Waals surface area contributed by atoms with Crippen molar-refractivity contribution in [1.29, 1.82) is 0 Å². The molecule has 1 aliphatic rings. The number of carbonyl (C=O) groups excluding carboxylic acids is 2. The molecule has 3 heteroatoms. The first-order chi connectivity index (χ1) is 9.97. The van der Waals surface area contributed by atoms with E-state index in [1.54, 1.807) is 6.92 Å². The molecular weight excluding hydrogens is 262 g/mol. The number of carbonyl (C=O) groups is 2. The lowest BCUT2D eigenvalue weighted by molar-refractivity contribution is 0.0951. The Labute approximate surface area is 124 Å². The predicted molar refractivity (Wildman–Crippen MR) is 82.3 cm³/mol. The normalized spacial score (nSPS) is 17.7. The van der Waals surface area contributed by atoms with E-state index in [-0.39, 0.29) is 11.6 Å². The van der Waals surface area contributed by atoms with Crippen molar-refractivity contribution in [1.82, 2.24) is 4.57 Å². The van der Waals surface area contributed by atoms with Crippen LogP contribution in [0.25, 0.3) is 5.69 Å². The van der Waals surface area contributed by atoms with Gasteiger partial charge in [0.05, 0.1) is 0 Å². The molecule has 3 nitrogen and oxygen atoms in total. The smallest absolute Gasteiger partial charge is 0.164 e. The lowest BCUT2D eigenvalue weighted by atomic mass is 9.88. The first-order valence-corrected chi connectivity index (χ1v) is 7.33. The van der Waals surface area contributed by atoms with Gasteiger partial charge in [-0.25, -0.2) is 0 Å². The summed E-state index contributed by atoms with van der Waals surface area (Å²) < 4.78 is 2.12. The molecule has 0 saturated heterocycles. The molecule has 2 aromatic rings. The topological polar surface area (TPSA) is 39.1 Å². The van der Waals surface area contributed by atoms with Crippen LogP contribution in [0.2, 0.25) is 0 Å². The predicted octanol–water partition coefficient (Wildman–Crippen LogP) is 3.75. The summed E-state index contributed by atoms with van der Waals surface area (Å²) in [5.74, 6) is 0.655. The van der Waals surface area contributed by atoms with Crippen LogP contribution in [0.15, 0.2) is 30.3 Å². The molecule has 0 N–H and O–H groups in total. The zero-order chi connectivity index (χ0) is 15.1. The molecule has 3 rings (SSSR count). The fourth-order valence-corrected chi connectivity index (χ4v) is 3.18.